The SMILES string of the molecule is OC1CCC2C3=C(C=CC2C1)C1CCCC1CC3. The van der Waals surface area contributed by atoms with Crippen molar-refractivity contribution in [3.8, 4) is 0 Å². The molecule has 5 unspecified atom stereocenters. The third-order valence-corrected chi connectivity index (χ3v) is 6.06. The third kappa shape index (κ3) is 1.63. The maximum Gasteiger partial charge on any atom is 0.0546 e. The first-order valence-electron chi connectivity index (χ1n) is 7.92. The summed E-state index contributed by atoms with van der Waals surface area (Å²) in [5.74, 6) is 3.33. The quantitative estimate of drug-likeness (QED) is 0.686. The van der Waals surface area contributed by atoms with Crippen molar-refractivity contribution in [1.29, 1.82) is 0 Å². The largest absolute Gasteiger partial charge is 0.393 e. The summed E-state index contributed by atoms with van der Waals surface area (Å²) in [6.45, 7) is 0. The third-order valence-electron chi connectivity index (χ3n) is 6.06. The van der Waals surface area contributed by atoms with E-state index in [4.69, 9.17) is 0 Å². The first-order chi connectivity index (χ1) is 8.83. The molecule has 0 saturated heterocycles. The van der Waals surface area contributed by atoms with Gasteiger partial charge in [-0.1, -0.05) is 24.1 Å². The van der Waals surface area contributed by atoms with Crippen LogP contribution in [-0.4, -0.2) is 11.2 Å². The summed E-state index contributed by atoms with van der Waals surface area (Å²) in [6.07, 6.45) is 15.3. The van der Waals surface area contributed by atoms with Crippen molar-refractivity contribution in [1.82, 2.24) is 0 Å². The number of aliphatic hydroxyl groups is 1. The normalized spacial score (nSPS) is 46.6. The molecule has 4 rings (SSSR count). The molecule has 18 heavy (non-hydrogen) atoms. The van der Waals surface area contributed by atoms with Crippen LogP contribution in [0.5, 0.6) is 0 Å². The number of aliphatic hydroxyl groups excluding tert-OH is 1. The average Bonchev–Trinajstić information content (AvgIpc) is 2.86. The minimum Gasteiger partial charge on any atom is -0.393 e. The van der Waals surface area contributed by atoms with Crippen LogP contribution in [0.4, 0.5) is 0 Å². The van der Waals surface area contributed by atoms with Gasteiger partial charge in [-0.15, -0.1) is 0 Å². The number of hydrogen-bond acceptors (Lipinski definition) is 1. The summed E-state index contributed by atoms with van der Waals surface area (Å²) in [7, 11) is 0. The summed E-state index contributed by atoms with van der Waals surface area (Å²) in [6, 6.07) is 0. The van der Waals surface area contributed by atoms with Gasteiger partial charge < -0.3 is 5.11 Å². The highest BCUT2D eigenvalue weighted by Crippen LogP contribution is 2.52. The van der Waals surface area contributed by atoms with Crippen LogP contribution in [0.15, 0.2) is 23.3 Å². The van der Waals surface area contributed by atoms with Gasteiger partial charge in [0.2, 0.25) is 0 Å². The fraction of sp³-hybridized carbons (Fsp3) is 0.765. The van der Waals surface area contributed by atoms with E-state index in [9.17, 15) is 5.11 Å². The van der Waals surface area contributed by atoms with Gasteiger partial charge in [-0.2, -0.15) is 0 Å². The van der Waals surface area contributed by atoms with Crippen molar-refractivity contribution in [2.24, 2.45) is 23.7 Å². The van der Waals surface area contributed by atoms with Gasteiger partial charge in [0.15, 0.2) is 0 Å². The van der Waals surface area contributed by atoms with E-state index in [-0.39, 0.29) is 6.10 Å². The first kappa shape index (κ1) is 11.3. The highest BCUT2D eigenvalue weighted by Gasteiger charge is 2.40. The fourth-order valence-electron chi connectivity index (χ4n) is 5.20. The molecule has 1 N–H and O–H groups in total. The van der Waals surface area contributed by atoms with Crippen molar-refractivity contribution in [3.63, 3.8) is 0 Å². The van der Waals surface area contributed by atoms with Gasteiger partial charge in [0, 0.05) is 0 Å². The molecule has 0 amide bonds. The monoisotopic (exact) mass is 244 g/mol. The standard InChI is InChI=1S/C17H24O/c18-13-6-9-15-12(10-13)5-8-16-14-3-1-2-11(14)4-7-17(15)16/h5,8,11-15,18H,1-4,6-7,9-10H2. The van der Waals surface area contributed by atoms with E-state index in [0.29, 0.717) is 5.92 Å². The highest BCUT2D eigenvalue weighted by atomic mass is 16.3. The maximum absolute atomic E-state index is 9.84. The van der Waals surface area contributed by atoms with Crippen molar-refractivity contribution >= 4 is 0 Å². The molecule has 0 heterocycles. The molecule has 0 bridgehead atoms. The lowest BCUT2D eigenvalue weighted by atomic mass is 9.64. The van der Waals surface area contributed by atoms with Gasteiger partial charge in [0.1, 0.15) is 0 Å². The van der Waals surface area contributed by atoms with Gasteiger partial charge in [-0.05, 0) is 74.2 Å². The Morgan fingerprint density at radius 3 is 2.89 bits per heavy atom. The van der Waals surface area contributed by atoms with Gasteiger partial charge in [0.05, 0.1) is 6.10 Å². The fourth-order valence-corrected chi connectivity index (χ4v) is 5.20. The molecule has 1 nitrogen and oxygen atoms in total. The van der Waals surface area contributed by atoms with E-state index in [0.717, 1.165) is 30.6 Å². The van der Waals surface area contributed by atoms with Crippen LogP contribution >= 0.6 is 0 Å². The number of allylic oxidation sites excluding steroid dienone is 4. The van der Waals surface area contributed by atoms with Gasteiger partial charge in [0.25, 0.3) is 0 Å². The molecular formula is C17H24O. The molecule has 4 aliphatic rings. The Balaban J connectivity index is 1.66. The Kier molecular flexibility index (Phi) is 2.65. The molecule has 2 fully saturated rings. The topological polar surface area (TPSA) is 20.2 Å². The van der Waals surface area contributed by atoms with Crippen LogP contribution in [0.3, 0.4) is 0 Å². The van der Waals surface area contributed by atoms with Crippen molar-refractivity contribution < 1.29 is 5.11 Å². The molecule has 0 spiro atoms. The van der Waals surface area contributed by atoms with Crippen molar-refractivity contribution in [3.05, 3.63) is 23.3 Å². The molecule has 0 aromatic carbocycles. The lowest BCUT2D eigenvalue weighted by Gasteiger charge is -2.42. The van der Waals surface area contributed by atoms with Gasteiger partial charge >= 0.3 is 0 Å². The highest BCUT2D eigenvalue weighted by molar-refractivity contribution is 5.38. The van der Waals surface area contributed by atoms with E-state index < -0.39 is 0 Å². The first-order valence-corrected chi connectivity index (χ1v) is 7.92. The lowest BCUT2D eigenvalue weighted by Crippen LogP contribution is -2.33. The van der Waals surface area contributed by atoms with E-state index in [2.05, 4.69) is 12.2 Å². The predicted molar refractivity (Wildman–Crippen MR) is 73.1 cm³/mol. The summed E-state index contributed by atoms with van der Waals surface area (Å²) < 4.78 is 0. The molecule has 5 atom stereocenters. The average molecular weight is 244 g/mol. The van der Waals surface area contributed by atoms with Gasteiger partial charge in [-0.3, -0.25) is 0 Å². The van der Waals surface area contributed by atoms with E-state index in [1.165, 1.54) is 38.5 Å². The van der Waals surface area contributed by atoms with Crippen LogP contribution in [0.2, 0.25) is 0 Å². The summed E-state index contributed by atoms with van der Waals surface area (Å²) in [5.41, 5.74) is 3.54. The maximum atomic E-state index is 9.84. The second kappa shape index (κ2) is 4.23. The summed E-state index contributed by atoms with van der Waals surface area (Å²) in [5, 5.41) is 9.84. The van der Waals surface area contributed by atoms with E-state index >= 15 is 0 Å². The Morgan fingerprint density at radius 2 is 1.94 bits per heavy atom. The lowest BCUT2D eigenvalue weighted by molar-refractivity contribution is 0.0903. The predicted octanol–water partition coefficient (Wildman–Crippen LogP) is 3.84. The van der Waals surface area contributed by atoms with E-state index in [1.807, 2.05) is 0 Å². The molecule has 0 aromatic rings. The minimum atomic E-state index is -0.0409. The zero-order valence-electron chi connectivity index (χ0n) is 11.1. The summed E-state index contributed by atoms with van der Waals surface area (Å²) >= 11 is 0. The molecule has 1 heteroatoms. The van der Waals surface area contributed by atoms with Crippen LogP contribution in [0, 0.1) is 23.7 Å². The minimum absolute atomic E-state index is 0.0409. The van der Waals surface area contributed by atoms with Crippen molar-refractivity contribution in [2.45, 2.75) is 57.5 Å². The van der Waals surface area contributed by atoms with Crippen LogP contribution < -0.4 is 0 Å². The van der Waals surface area contributed by atoms with Crippen LogP contribution in [-0.2, 0) is 0 Å². The van der Waals surface area contributed by atoms with Gasteiger partial charge in [-0.25, -0.2) is 0 Å². The summed E-state index contributed by atoms with van der Waals surface area (Å²) in [4.78, 5) is 0. The second-order valence-corrected chi connectivity index (χ2v) is 6.91. The molecular weight excluding hydrogens is 220 g/mol. The van der Waals surface area contributed by atoms with E-state index in [1.54, 1.807) is 11.1 Å². The molecule has 0 aliphatic heterocycles. The Morgan fingerprint density at radius 1 is 1.00 bits per heavy atom. The smallest absolute Gasteiger partial charge is 0.0546 e. The van der Waals surface area contributed by atoms with Crippen LogP contribution in [0.25, 0.3) is 0 Å². The number of rotatable bonds is 0. The van der Waals surface area contributed by atoms with Crippen molar-refractivity contribution in [2.75, 3.05) is 0 Å². The molecule has 98 valence electrons. The number of hydrogen-bond donors (Lipinski definition) is 1. The Labute approximate surface area is 110 Å². The zero-order chi connectivity index (χ0) is 12.1. The van der Waals surface area contributed by atoms with Crippen LogP contribution in [0.1, 0.15) is 51.4 Å². The Hall–Kier alpha value is -0.560. The molecule has 0 radical (unpaired) electrons. The molecule has 0 aromatic heterocycles. The second-order valence-electron chi connectivity index (χ2n) is 6.91. The Bertz CT molecular complexity index is 406. The molecule has 2 saturated carbocycles. The number of fused-ring (bicyclic) bond motifs is 4. The zero-order valence-corrected chi connectivity index (χ0v) is 11.1. The molecule has 4 aliphatic carbocycles.